The summed E-state index contributed by atoms with van der Waals surface area (Å²) in [6.07, 6.45) is 3.01. The molecule has 1 aliphatic carbocycles. The Morgan fingerprint density at radius 3 is 2.76 bits per heavy atom. The van der Waals surface area contributed by atoms with Crippen LogP contribution in [0.15, 0.2) is 18.2 Å². The smallest absolute Gasteiger partial charge is 0.140 e. The first-order valence-corrected chi connectivity index (χ1v) is 6.54. The Balaban J connectivity index is 2.06. The van der Waals surface area contributed by atoms with Crippen LogP contribution in [0.3, 0.4) is 0 Å². The van der Waals surface area contributed by atoms with E-state index in [1.165, 1.54) is 0 Å². The van der Waals surface area contributed by atoms with Gasteiger partial charge in [0.2, 0.25) is 0 Å². The molecule has 2 atom stereocenters. The van der Waals surface area contributed by atoms with Crippen molar-refractivity contribution >= 4 is 29.0 Å². The molecule has 0 aliphatic heterocycles. The Labute approximate surface area is 111 Å². The minimum absolute atomic E-state index is 0.0973. The third-order valence-corrected chi connectivity index (χ3v) is 4.18. The standard InChI is InChI=1S/C13H15Cl2NO/c14-11-3-1-2-9(13(11)15)7-12(17)8-4-5-10(16)6-8/h1-3,8,10H,4-7,16H2. The van der Waals surface area contributed by atoms with Gasteiger partial charge in [0.25, 0.3) is 0 Å². The van der Waals surface area contributed by atoms with Crippen LogP contribution in [-0.4, -0.2) is 11.8 Å². The molecule has 0 amide bonds. The molecule has 2 unspecified atom stereocenters. The van der Waals surface area contributed by atoms with Crippen LogP contribution >= 0.6 is 23.2 Å². The second kappa shape index (κ2) is 5.38. The largest absolute Gasteiger partial charge is 0.328 e. The van der Waals surface area contributed by atoms with Gasteiger partial charge in [0, 0.05) is 18.4 Å². The van der Waals surface area contributed by atoms with Crippen LogP contribution in [-0.2, 0) is 11.2 Å². The molecule has 17 heavy (non-hydrogen) atoms. The summed E-state index contributed by atoms with van der Waals surface area (Å²) in [5, 5.41) is 0.991. The Bertz CT molecular complexity index is 433. The van der Waals surface area contributed by atoms with Crippen LogP contribution in [0.25, 0.3) is 0 Å². The molecule has 1 aliphatic rings. The summed E-state index contributed by atoms with van der Waals surface area (Å²) in [5.41, 5.74) is 6.62. The first-order valence-electron chi connectivity index (χ1n) is 5.79. The van der Waals surface area contributed by atoms with Crippen molar-refractivity contribution in [2.24, 2.45) is 11.7 Å². The van der Waals surface area contributed by atoms with Gasteiger partial charge in [-0.15, -0.1) is 0 Å². The van der Waals surface area contributed by atoms with Crippen LogP contribution in [0.4, 0.5) is 0 Å². The zero-order valence-corrected chi connectivity index (χ0v) is 11.0. The Kier molecular flexibility index (Phi) is 4.08. The van der Waals surface area contributed by atoms with Gasteiger partial charge in [0.1, 0.15) is 5.78 Å². The van der Waals surface area contributed by atoms with E-state index in [0.717, 1.165) is 24.8 Å². The maximum Gasteiger partial charge on any atom is 0.140 e. The molecule has 2 nitrogen and oxygen atoms in total. The van der Waals surface area contributed by atoms with Crippen molar-refractivity contribution in [3.63, 3.8) is 0 Å². The van der Waals surface area contributed by atoms with E-state index in [2.05, 4.69) is 0 Å². The van der Waals surface area contributed by atoms with Gasteiger partial charge in [0.15, 0.2) is 0 Å². The van der Waals surface area contributed by atoms with E-state index in [0.29, 0.717) is 16.5 Å². The minimum Gasteiger partial charge on any atom is -0.328 e. The second-order valence-electron chi connectivity index (χ2n) is 4.63. The predicted molar refractivity (Wildman–Crippen MR) is 70.5 cm³/mol. The van der Waals surface area contributed by atoms with Crippen molar-refractivity contribution in [3.05, 3.63) is 33.8 Å². The molecule has 0 heterocycles. The molecule has 1 aromatic carbocycles. The van der Waals surface area contributed by atoms with E-state index in [1.54, 1.807) is 6.07 Å². The first-order chi connectivity index (χ1) is 8.08. The lowest BCUT2D eigenvalue weighted by Gasteiger charge is -2.10. The van der Waals surface area contributed by atoms with E-state index >= 15 is 0 Å². The Morgan fingerprint density at radius 1 is 1.35 bits per heavy atom. The lowest BCUT2D eigenvalue weighted by Crippen LogP contribution is -2.19. The fourth-order valence-electron chi connectivity index (χ4n) is 2.33. The number of carbonyl (C=O) groups excluding carboxylic acids is 1. The van der Waals surface area contributed by atoms with Gasteiger partial charge in [-0.1, -0.05) is 35.3 Å². The maximum absolute atomic E-state index is 12.1. The molecule has 2 N–H and O–H groups in total. The van der Waals surface area contributed by atoms with Gasteiger partial charge < -0.3 is 5.73 Å². The summed E-state index contributed by atoms with van der Waals surface area (Å²) in [7, 11) is 0. The van der Waals surface area contributed by atoms with Crippen molar-refractivity contribution in [2.75, 3.05) is 0 Å². The monoisotopic (exact) mass is 271 g/mol. The van der Waals surface area contributed by atoms with Crippen molar-refractivity contribution in [2.45, 2.75) is 31.7 Å². The number of nitrogens with two attached hydrogens (primary N) is 1. The van der Waals surface area contributed by atoms with Gasteiger partial charge in [-0.2, -0.15) is 0 Å². The fourth-order valence-corrected chi connectivity index (χ4v) is 2.71. The number of ketones is 1. The highest BCUT2D eigenvalue weighted by atomic mass is 35.5. The molecule has 0 aromatic heterocycles. The van der Waals surface area contributed by atoms with Crippen LogP contribution in [0, 0.1) is 5.92 Å². The number of Topliss-reactive ketones (excluding diaryl/α,β-unsaturated/α-hetero) is 1. The summed E-state index contributed by atoms with van der Waals surface area (Å²) in [5.74, 6) is 0.321. The lowest BCUT2D eigenvalue weighted by molar-refractivity contribution is -0.122. The molecule has 4 heteroatoms. The normalized spacial score (nSPS) is 23.9. The summed E-state index contributed by atoms with van der Waals surface area (Å²) in [6.45, 7) is 0. The molecule has 0 bridgehead atoms. The molecule has 1 aromatic rings. The van der Waals surface area contributed by atoms with E-state index in [9.17, 15) is 4.79 Å². The van der Waals surface area contributed by atoms with Crippen molar-refractivity contribution in [1.29, 1.82) is 0 Å². The first kappa shape index (κ1) is 12.9. The highest BCUT2D eigenvalue weighted by Crippen LogP contribution is 2.29. The lowest BCUT2D eigenvalue weighted by atomic mass is 9.96. The maximum atomic E-state index is 12.1. The van der Waals surface area contributed by atoms with Crippen molar-refractivity contribution in [3.8, 4) is 0 Å². The van der Waals surface area contributed by atoms with Crippen LogP contribution in [0.5, 0.6) is 0 Å². The molecule has 92 valence electrons. The van der Waals surface area contributed by atoms with Crippen molar-refractivity contribution < 1.29 is 4.79 Å². The third kappa shape index (κ3) is 3.01. The highest BCUT2D eigenvalue weighted by molar-refractivity contribution is 6.42. The average Bonchev–Trinajstić information content (AvgIpc) is 2.72. The van der Waals surface area contributed by atoms with Gasteiger partial charge in [-0.3, -0.25) is 4.79 Å². The third-order valence-electron chi connectivity index (χ3n) is 3.32. The number of carbonyl (C=O) groups is 1. The van der Waals surface area contributed by atoms with E-state index in [1.807, 2.05) is 12.1 Å². The number of hydrogen-bond donors (Lipinski definition) is 1. The van der Waals surface area contributed by atoms with Gasteiger partial charge in [-0.05, 0) is 30.9 Å². The zero-order valence-electron chi connectivity index (χ0n) is 9.46. The Morgan fingerprint density at radius 2 is 2.12 bits per heavy atom. The fraction of sp³-hybridized carbons (Fsp3) is 0.462. The van der Waals surface area contributed by atoms with Crippen LogP contribution in [0.2, 0.25) is 10.0 Å². The number of hydrogen-bond acceptors (Lipinski definition) is 2. The van der Waals surface area contributed by atoms with E-state index < -0.39 is 0 Å². The summed E-state index contributed by atoms with van der Waals surface area (Å²) < 4.78 is 0. The molecule has 0 radical (unpaired) electrons. The molecular weight excluding hydrogens is 257 g/mol. The van der Waals surface area contributed by atoms with Gasteiger partial charge in [-0.25, -0.2) is 0 Å². The van der Waals surface area contributed by atoms with Crippen molar-refractivity contribution in [1.82, 2.24) is 0 Å². The molecule has 0 spiro atoms. The minimum atomic E-state index is 0.0973. The SMILES string of the molecule is NC1CCC(C(=O)Cc2cccc(Cl)c2Cl)C1. The number of rotatable bonds is 3. The molecule has 2 rings (SSSR count). The van der Waals surface area contributed by atoms with E-state index in [4.69, 9.17) is 28.9 Å². The highest BCUT2D eigenvalue weighted by Gasteiger charge is 2.27. The number of benzene rings is 1. The summed E-state index contributed by atoms with van der Waals surface area (Å²) in [6, 6.07) is 5.57. The van der Waals surface area contributed by atoms with Gasteiger partial charge in [0.05, 0.1) is 10.0 Å². The predicted octanol–water partition coefficient (Wildman–Crippen LogP) is 3.23. The molecule has 0 saturated heterocycles. The van der Waals surface area contributed by atoms with Crippen LogP contribution in [0.1, 0.15) is 24.8 Å². The van der Waals surface area contributed by atoms with Crippen LogP contribution < -0.4 is 5.73 Å². The quantitative estimate of drug-likeness (QED) is 0.917. The Hall–Kier alpha value is -0.570. The van der Waals surface area contributed by atoms with E-state index in [-0.39, 0.29) is 17.7 Å². The molecule has 1 saturated carbocycles. The molecular formula is C13H15Cl2NO. The van der Waals surface area contributed by atoms with Gasteiger partial charge >= 0.3 is 0 Å². The second-order valence-corrected chi connectivity index (χ2v) is 5.41. The zero-order chi connectivity index (χ0) is 12.4. The topological polar surface area (TPSA) is 43.1 Å². The molecule has 1 fully saturated rings. The number of halogens is 2. The average molecular weight is 272 g/mol. The summed E-state index contributed by atoms with van der Waals surface area (Å²) in [4.78, 5) is 12.1. The summed E-state index contributed by atoms with van der Waals surface area (Å²) >= 11 is 12.0.